The van der Waals surface area contributed by atoms with Crippen molar-refractivity contribution in [2.75, 3.05) is 38.4 Å². The molecule has 0 saturated carbocycles. The van der Waals surface area contributed by atoms with Crippen molar-refractivity contribution in [3.63, 3.8) is 0 Å². The molecule has 49 heavy (non-hydrogen) atoms. The third kappa shape index (κ3) is 8.16. The Hall–Kier alpha value is -4.64. The number of carbonyl (C=O) groups excluding carboxylic acids is 2. The minimum Gasteiger partial charge on any atom is -0.497 e. The lowest BCUT2D eigenvalue weighted by Crippen LogP contribution is -2.55. The Morgan fingerprint density at radius 3 is 2.31 bits per heavy atom. The second-order valence-electron chi connectivity index (χ2n) is 13.2. The molecule has 4 N–H and O–H groups in total. The molecule has 1 unspecified atom stereocenters. The van der Waals surface area contributed by atoms with Gasteiger partial charge in [0, 0.05) is 60.6 Å². The quantitative estimate of drug-likeness (QED) is 0.117. The monoisotopic (exact) mass is 681 g/mol. The van der Waals surface area contributed by atoms with Gasteiger partial charge in [0.15, 0.2) is 0 Å². The van der Waals surface area contributed by atoms with Gasteiger partial charge in [0.05, 0.1) is 27.9 Å². The van der Waals surface area contributed by atoms with Gasteiger partial charge in [-0.2, -0.15) is 0 Å². The summed E-state index contributed by atoms with van der Waals surface area (Å²) in [5.74, 6) is 1.02. The van der Waals surface area contributed by atoms with Crippen LogP contribution in [-0.4, -0.2) is 63.4 Å². The van der Waals surface area contributed by atoms with E-state index in [0.717, 1.165) is 16.9 Å². The standard InChI is InChI=1S/C39H47N3O6Si/c1-26-37(47-3)33-23-30(41-39(45)28-11-13-29(40)14-12-28)15-20-34(33)48-38(26)35(49(4,5)32-18-16-31(46-2)17-19-32)24-36(44)42(21-22-43)25-27-9-7-6-8-10-27/h6-20,23,26,35,37-38,43H,21-22,24-25,40H2,1-5H3,(H,41,45)/t26-,35?,37-,38-/m0/s1. The molecule has 0 spiro atoms. The number of methoxy groups -OCH3 is 2. The number of carbonyl (C=O) groups is 2. The van der Waals surface area contributed by atoms with Gasteiger partial charge < -0.3 is 35.3 Å². The van der Waals surface area contributed by atoms with E-state index in [1.807, 2.05) is 60.7 Å². The van der Waals surface area contributed by atoms with Crippen LogP contribution in [0.4, 0.5) is 11.4 Å². The van der Waals surface area contributed by atoms with Crippen LogP contribution in [0.5, 0.6) is 11.5 Å². The van der Waals surface area contributed by atoms with Crippen molar-refractivity contribution in [2.45, 2.75) is 50.7 Å². The lowest BCUT2D eigenvalue weighted by atomic mass is 9.86. The maximum Gasteiger partial charge on any atom is 0.255 e. The van der Waals surface area contributed by atoms with E-state index >= 15 is 0 Å². The number of aliphatic hydroxyl groups excluding tert-OH is 1. The fourth-order valence-corrected chi connectivity index (χ4v) is 10.2. The van der Waals surface area contributed by atoms with Crippen molar-refractivity contribution < 1.29 is 28.9 Å². The van der Waals surface area contributed by atoms with Crippen LogP contribution in [-0.2, 0) is 16.1 Å². The first-order chi connectivity index (χ1) is 23.5. The normalized spacial score (nSPS) is 17.7. The molecular weight excluding hydrogens is 635 g/mol. The van der Waals surface area contributed by atoms with Crippen LogP contribution >= 0.6 is 0 Å². The molecule has 0 radical (unpaired) electrons. The number of ether oxygens (including phenoxy) is 3. The lowest BCUT2D eigenvalue weighted by molar-refractivity contribution is -0.133. The molecule has 2 amide bonds. The van der Waals surface area contributed by atoms with Crippen molar-refractivity contribution in [3.05, 3.63) is 114 Å². The second-order valence-corrected chi connectivity index (χ2v) is 18.0. The van der Waals surface area contributed by atoms with Crippen LogP contribution in [0.25, 0.3) is 0 Å². The zero-order valence-corrected chi connectivity index (χ0v) is 29.9. The summed E-state index contributed by atoms with van der Waals surface area (Å²) in [7, 11) is 0.884. The molecule has 4 aromatic rings. The molecule has 1 aliphatic heterocycles. The number of hydrogen-bond acceptors (Lipinski definition) is 7. The third-order valence-electron chi connectivity index (χ3n) is 9.75. The molecule has 10 heteroatoms. The maximum atomic E-state index is 14.2. The predicted octanol–water partition coefficient (Wildman–Crippen LogP) is 6.01. The molecule has 258 valence electrons. The molecule has 4 aromatic carbocycles. The van der Waals surface area contributed by atoms with Gasteiger partial charge in [-0.3, -0.25) is 9.59 Å². The van der Waals surface area contributed by atoms with E-state index in [1.54, 1.807) is 43.4 Å². The highest BCUT2D eigenvalue weighted by molar-refractivity contribution is 6.91. The van der Waals surface area contributed by atoms with Gasteiger partial charge in [-0.05, 0) is 60.2 Å². The zero-order valence-electron chi connectivity index (χ0n) is 28.9. The zero-order chi connectivity index (χ0) is 35.1. The van der Waals surface area contributed by atoms with E-state index in [9.17, 15) is 14.7 Å². The van der Waals surface area contributed by atoms with Gasteiger partial charge >= 0.3 is 0 Å². The van der Waals surface area contributed by atoms with Gasteiger partial charge in [0.25, 0.3) is 5.91 Å². The minimum atomic E-state index is -2.45. The summed E-state index contributed by atoms with van der Waals surface area (Å²) in [6, 6.07) is 30.3. The first-order valence-corrected chi connectivity index (χ1v) is 19.7. The highest BCUT2D eigenvalue weighted by Crippen LogP contribution is 2.48. The molecule has 4 atom stereocenters. The first kappa shape index (κ1) is 35.7. The average Bonchev–Trinajstić information content (AvgIpc) is 3.11. The largest absolute Gasteiger partial charge is 0.497 e. The Kier molecular flexibility index (Phi) is 11.4. The summed E-state index contributed by atoms with van der Waals surface area (Å²) in [4.78, 5) is 29.0. The minimum absolute atomic E-state index is 0.0340. The van der Waals surface area contributed by atoms with Crippen LogP contribution in [0, 0.1) is 5.92 Å². The summed E-state index contributed by atoms with van der Waals surface area (Å²) >= 11 is 0. The highest BCUT2D eigenvalue weighted by atomic mass is 28.3. The Bertz CT molecular complexity index is 1720. The maximum absolute atomic E-state index is 14.2. The van der Waals surface area contributed by atoms with Crippen LogP contribution in [0.1, 0.15) is 40.9 Å². The molecule has 0 aromatic heterocycles. The summed E-state index contributed by atoms with van der Waals surface area (Å²) in [5, 5.41) is 14.1. The van der Waals surface area contributed by atoms with Crippen molar-refractivity contribution in [3.8, 4) is 11.5 Å². The number of hydrogen-bond donors (Lipinski definition) is 3. The number of nitrogens with zero attached hydrogens (tertiary/aromatic N) is 1. The Labute approximate surface area is 290 Å². The molecule has 0 aliphatic carbocycles. The number of fused-ring (bicyclic) bond motifs is 1. The number of aliphatic hydroxyl groups is 1. The van der Waals surface area contributed by atoms with Crippen LogP contribution < -0.4 is 25.7 Å². The Balaban J connectivity index is 1.48. The van der Waals surface area contributed by atoms with Gasteiger partial charge in [0.2, 0.25) is 5.91 Å². The van der Waals surface area contributed by atoms with Gasteiger partial charge in [-0.25, -0.2) is 0 Å². The van der Waals surface area contributed by atoms with Crippen molar-refractivity contribution in [1.29, 1.82) is 0 Å². The van der Waals surface area contributed by atoms with E-state index in [0.29, 0.717) is 29.2 Å². The van der Waals surface area contributed by atoms with E-state index in [4.69, 9.17) is 19.9 Å². The summed E-state index contributed by atoms with van der Waals surface area (Å²) in [5.41, 5.74) is 9.19. The molecule has 9 nitrogen and oxygen atoms in total. The van der Waals surface area contributed by atoms with E-state index in [-0.39, 0.29) is 55.1 Å². The van der Waals surface area contributed by atoms with Crippen LogP contribution in [0.3, 0.4) is 0 Å². The van der Waals surface area contributed by atoms with E-state index < -0.39 is 8.07 Å². The van der Waals surface area contributed by atoms with E-state index in [2.05, 4.69) is 37.5 Å². The third-order valence-corrected chi connectivity index (χ3v) is 14.0. The van der Waals surface area contributed by atoms with Crippen LogP contribution in [0.15, 0.2) is 97.1 Å². The second kappa shape index (κ2) is 15.7. The van der Waals surface area contributed by atoms with Crippen molar-refractivity contribution >= 4 is 36.4 Å². The predicted molar refractivity (Wildman–Crippen MR) is 196 cm³/mol. The fourth-order valence-electron chi connectivity index (χ4n) is 6.84. The molecule has 5 rings (SSSR count). The van der Waals surface area contributed by atoms with Crippen molar-refractivity contribution in [1.82, 2.24) is 4.90 Å². The Morgan fingerprint density at radius 2 is 1.67 bits per heavy atom. The van der Waals surface area contributed by atoms with E-state index in [1.165, 1.54) is 5.19 Å². The summed E-state index contributed by atoms with van der Waals surface area (Å²) < 4.78 is 18.5. The number of nitrogens with two attached hydrogens (primary N) is 1. The van der Waals surface area contributed by atoms with Gasteiger partial charge in [-0.15, -0.1) is 0 Å². The number of nitrogen functional groups attached to an aromatic ring is 1. The lowest BCUT2D eigenvalue weighted by Gasteiger charge is -2.46. The Morgan fingerprint density at radius 1 is 0.980 bits per heavy atom. The van der Waals surface area contributed by atoms with Gasteiger partial charge in [-0.1, -0.05) is 67.7 Å². The molecule has 0 bridgehead atoms. The highest BCUT2D eigenvalue weighted by Gasteiger charge is 2.48. The molecule has 1 heterocycles. The number of rotatable bonds is 13. The van der Waals surface area contributed by atoms with Crippen molar-refractivity contribution in [2.24, 2.45) is 5.92 Å². The molecule has 0 fully saturated rings. The van der Waals surface area contributed by atoms with Crippen LogP contribution in [0.2, 0.25) is 18.6 Å². The number of amides is 2. The fraction of sp³-hybridized carbons (Fsp3) is 0.333. The molecule has 0 saturated heterocycles. The average molecular weight is 682 g/mol. The molecule has 1 aliphatic rings. The first-order valence-electron chi connectivity index (χ1n) is 16.6. The number of benzene rings is 4. The topological polar surface area (TPSA) is 123 Å². The summed E-state index contributed by atoms with van der Waals surface area (Å²) in [6.45, 7) is 7.18. The number of anilines is 2. The van der Waals surface area contributed by atoms with Gasteiger partial charge in [0.1, 0.15) is 17.6 Å². The number of nitrogens with one attached hydrogen (secondary N) is 1. The molecular formula is C39H47N3O6Si. The smallest absolute Gasteiger partial charge is 0.255 e. The SMILES string of the molecule is COc1ccc([Si](C)(C)C(CC(=O)N(CCO)Cc2ccccc2)[C@H]2Oc3ccc(NC(=O)c4ccc(N)cc4)cc3[C@@H](OC)[C@@H]2C)cc1. The summed E-state index contributed by atoms with van der Waals surface area (Å²) in [6.07, 6.45) is -0.458.